The number of rotatable bonds is 2. The molecule has 0 saturated carbocycles. The molecule has 0 aliphatic carbocycles. The summed E-state index contributed by atoms with van der Waals surface area (Å²) in [6, 6.07) is 5.54. The Morgan fingerprint density at radius 1 is 1.11 bits per heavy atom. The van der Waals surface area contributed by atoms with Crippen molar-refractivity contribution in [3.63, 3.8) is 0 Å². The van der Waals surface area contributed by atoms with Crippen LogP contribution in [-0.4, -0.2) is 0 Å². The molecule has 96 valence electrons. The van der Waals surface area contributed by atoms with Crippen LogP contribution in [0.2, 0.25) is 0 Å². The first-order chi connectivity index (χ1) is 8.40. The third-order valence-electron chi connectivity index (χ3n) is 3.00. The standard InChI is InChI=1S/C14H15BrFNS/c1-7-4-10(5-8(2)12(7)16)13(17)11-6-9(3)14(15)18-11/h4-6,13H,17H2,1-3H3. The van der Waals surface area contributed by atoms with E-state index in [0.29, 0.717) is 11.1 Å². The van der Waals surface area contributed by atoms with Crippen LogP contribution in [0.15, 0.2) is 22.0 Å². The molecule has 0 radical (unpaired) electrons. The van der Waals surface area contributed by atoms with E-state index in [1.807, 2.05) is 19.1 Å². The Labute approximate surface area is 119 Å². The fourth-order valence-corrected chi connectivity index (χ4v) is 3.56. The van der Waals surface area contributed by atoms with Crippen LogP contribution in [0, 0.1) is 26.6 Å². The van der Waals surface area contributed by atoms with Crippen LogP contribution in [0.3, 0.4) is 0 Å². The molecule has 4 heteroatoms. The van der Waals surface area contributed by atoms with Crippen LogP contribution in [-0.2, 0) is 0 Å². The minimum absolute atomic E-state index is 0.144. The molecule has 2 N–H and O–H groups in total. The van der Waals surface area contributed by atoms with Crippen molar-refractivity contribution in [1.29, 1.82) is 0 Å². The van der Waals surface area contributed by atoms with Gasteiger partial charge in [0.25, 0.3) is 0 Å². The highest BCUT2D eigenvalue weighted by Gasteiger charge is 2.15. The largest absolute Gasteiger partial charge is 0.320 e. The zero-order valence-corrected chi connectivity index (χ0v) is 13.0. The van der Waals surface area contributed by atoms with Crippen molar-refractivity contribution >= 4 is 27.3 Å². The SMILES string of the molecule is Cc1cc(C(N)c2cc(C)c(F)c(C)c2)sc1Br. The first kappa shape index (κ1) is 13.7. The molecule has 1 nitrogen and oxygen atoms in total. The lowest BCUT2D eigenvalue weighted by Crippen LogP contribution is -2.11. The second-order valence-electron chi connectivity index (χ2n) is 4.55. The van der Waals surface area contributed by atoms with Crippen molar-refractivity contribution in [2.75, 3.05) is 0 Å². The number of benzene rings is 1. The van der Waals surface area contributed by atoms with Gasteiger partial charge < -0.3 is 5.73 Å². The molecule has 0 saturated heterocycles. The van der Waals surface area contributed by atoms with Crippen molar-refractivity contribution in [1.82, 2.24) is 0 Å². The van der Waals surface area contributed by atoms with Crippen LogP contribution < -0.4 is 5.73 Å². The molecule has 1 aromatic carbocycles. The molecule has 0 fully saturated rings. The van der Waals surface area contributed by atoms with E-state index in [2.05, 4.69) is 22.0 Å². The highest BCUT2D eigenvalue weighted by Crippen LogP contribution is 2.33. The number of nitrogens with two attached hydrogens (primary N) is 1. The Balaban J connectivity index is 2.42. The average molecular weight is 328 g/mol. The number of hydrogen-bond acceptors (Lipinski definition) is 2. The Hall–Kier alpha value is -0.710. The highest BCUT2D eigenvalue weighted by molar-refractivity contribution is 9.11. The Bertz CT molecular complexity index is 549. The summed E-state index contributed by atoms with van der Waals surface area (Å²) >= 11 is 5.13. The van der Waals surface area contributed by atoms with Crippen LogP contribution >= 0.6 is 27.3 Å². The summed E-state index contributed by atoms with van der Waals surface area (Å²) in [4.78, 5) is 1.09. The fourth-order valence-electron chi connectivity index (χ4n) is 1.96. The molecule has 1 heterocycles. The van der Waals surface area contributed by atoms with Crippen molar-refractivity contribution in [3.8, 4) is 0 Å². The van der Waals surface area contributed by atoms with Gasteiger partial charge in [0, 0.05) is 4.88 Å². The monoisotopic (exact) mass is 327 g/mol. The molecule has 2 rings (SSSR count). The molecule has 0 amide bonds. The zero-order chi connectivity index (χ0) is 13.4. The third kappa shape index (κ3) is 2.51. The van der Waals surface area contributed by atoms with E-state index >= 15 is 0 Å². The van der Waals surface area contributed by atoms with Gasteiger partial charge in [-0.3, -0.25) is 0 Å². The number of thiophene rings is 1. The molecule has 0 bridgehead atoms. The van der Waals surface area contributed by atoms with Crippen LogP contribution in [0.5, 0.6) is 0 Å². The van der Waals surface area contributed by atoms with E-state index in [1.54, 1.807) is 25.2 Å². The topological polar surface area (TPSA) is 26.0 Å². The van der Waals surface area contributed by atoms with Gasteiger partial charge in [0.15, 0.2) is 0 Å². The highest BCUT2D eigenvalue weighted by atomic mass is 79.9. The second kappa shape index (κ2) is 5.11. The van der Waals surface area contributed by atoms with Gasteiger partial charge in [-0.05, 0) is 65.0 Å². The summed E-state index contributed by atoms with van der Waals surface area (Å²) in [5.41, 5.74) is 9.69. The first-order valence-corrected chi connectivity index (χ1v) is 7.29. The van der Waals surface area contributed by atoms with Gasteiger partial charge >= 0.3 is 0 Å². The second-order valence-corrected chi connectivity index (χ2v) is 6.95. The van der Waals surface area contributed by atoms with Crippen LogP contribution in [0.1, 0.15) is 33.2 Å². The normalized spacial score (nSPS) is 12.8. The Morgan fingerprint density at radius 2 is 1.67 bits per heavy atom. The fraction of sp³-hybridized carbons (Fsp3) is 0.286. The van der Waals surface area contributed by atoms with E-state index in [-0.39, 0.29) is 11.9 Å². The van der Waals surface area contributed by atoms with E-state index in [9.17, 15) is 4.39 Å². The summed E-state index contributed by atoms with van der Waals surface area (Å²) in [6.45, 7) is 5.58. The van der Waals surface area contributed by atoms with Gasteiger partial charge in [0.1, 0.15) is 5.82 Å². The smallest absolute Gasteiger partial charge is 0.129 e. The van der Waals surface area contributed by atoms with Crippen molar-refractivity contribution < 1.29 is 4.39 Å². The predicted molar refractivity (Wildman–Crippen MR) is 78.7 cm³/mol. The molecule has 0 aliphatic rings. The van der Waals surface area contributed by atoms with Gasteiger partial charge in [-0.15, -0.1) is 11.3 Å². The summed E-state index contributed by atoms with van der Waals surface area (Å²) in [5, 5.41) is 0. The van der Waals surface area contributed by atoms with E-state index in [1.165, 1.54) is 5.56 Å². The van der Waals surface area contributed by atoms with Crippen LogP contribution in [0.25, 0.3) is 0 Å². The quantitative estimate of drug-likeness (QED) is 0.855. The summed E-state index contributed by atoms with van der Waals surface area (Å²) in [5.74, 6) is -0.144. The van der Waals surface area contributed by atoms with Crippen LogP contribution in [0.4, 0.5) is 4.39 Å². The molecule has 0 aliphatic heterocycles. The predicted octanol–water partition coefficient (Wildman–Crippen LogP) is 4.62. The number of aryl methyl sites for hydroxylation is 3. The van der Waals surface area contributed by atoms with Gasteiger partial charge in [-0.2, -0.15) is 0 Å². The zero-order valence-electron chi connectivity index (χ0n) is 10.6. The molecular formula is C14H15BrFNS. The summed E-state index contributed by atoms with van der Waals surface area (Å²) in [6.07, 6.45) is 0. The number of halogens is 2. The summed E-state index contributed by atoms with van der Waals surface area (Å²) < 4.78 is 14.7. The van der Waals surface area contributed by atoms with E-state index in [0.717, 1.165) is 14.2 Å². The molecule has 1 aromatic heterocycles. The van der Waals surface area contributed by atoms with E-state index in [4.69, 9.17) is 5.73 Å². The van der Waals surface area contributed by atoms with Crippen molar-refractivity contribution in [3.05, 3.63) is 54.9 Å². The third-order valence-corrected chi connectivity index (χ3v) is 5.22. The lowest BCUT2D eigenvalue weighted by Gasteiger charge is -2.13. The molecule has 18 heavy (non-hydrogen) atoms. The molecule has 1 unspecified atom stereocenters. The minimum Gasteiger partial charge on any atom is -0.320 e. The number of hydrogen-bond donors (Lipinski definition) is 1. The Kier molecular flexibility index (Phi) is 3.90. The van der Waals surface area contributed by atoms with Gasteiger partial charge in [0.05, 0.1) is 9.83 Å². The van der Waals surface area contributed by atoms with Crippen molar-refractivity contribution in [2.45, 2.75) is 26.8 Å². The first-order valence-electron chi connectivity index (χ1n) is 5.68. The lowest BCUT2D eigenvalue weighted by atomic mass is 10.00. The molecule has 2 aromatic rings. The molecule has 0 spiro atoms. The maximum atomic E-state index is 13.6. The minimum atomic E-state index is -0.196. The lowest BCUT2D eigenvalue weighted by molar-refractivity contribution is 0.607. The van der Waals surface area contributed by atoms with Gasteiger partial charge in [0.2, 0.25) is 0 Å². The summed E-state index contributed by atoms with van der Waals surface area (Å²) in [7, 11) is 0. The van der Waals surface area contributed by atoms with Crippen molar-refractivity contribution in [2.24, 2.45) is 5.73 Å². The van der Waals surface area contributed by atoms with E-state index < -0.39 is 0 Å². The maximum absolute atomic E-state index is 13.6. The maximum Gasteiger partial charge on any atom is 0.129 e. The Morgan fingerprint density at radius 3 is 2.11 bits per heavy atom. The molecule has 1 atom stereocenters. The molecular weight excluding hydrogens is 313 g/mol. The van der Waals surface area contributed by atoms with Gasteiger partial charge in [-0.1, -0.05) is 12.1 Å². The average Bonchev–Trinajstić information content (AvgIpc) is 2.65. The van der Waals surface area contributed by atoms with Gasteiger partial charge in [-0.25, -0.2) is 4.39 Å².